The van der Waals surface area contributed by atoms with E-state index in [2.05, 4.69) is 37.3 Å². The first-order chi connectivity index (χ1) is 6.23. The Balaban J connectivity index is 0.000000980. The third kappa shape index (κ3) is 1.98. The van der Waals surface area contributed by atoms with Crippen molar-refractivity contribution < 1.29 is 12.4 Å². The molecule has 1 heterocycles. The van der Waals surface area contributed by atoms with Crippen molar-refractivity contribution >= 4 is 23.2 Å². The maximum atomic E-state index is 6.69. The summed E-state index contributed by atoms with van der Waals surface area (Å²) in [4.78, 5) is 0. The maximum Gasteiger partial charge on any atom is 0.173 e. The molecule has 3 heteroatoms. The van der Waals surface area contributed by atoms with Crippen LogP contribution in [0.5, 0.6) is 0 Å². The molecule has 0 aromatic heterocycles. The second-order valence-electron chi connectivity index (χ2n) is 3.41. The van der Waals surface area contributed by atoms with Crippen molar-refractivity contribution in [3.63, 3.8) is 0 Å². The summed E-state index contributed by atoms with van der Waals surface area (Å²) in [5.41, 5.74) is 0. The van der Waals surface area contributed by atoms with Gasteiger partial charge in [0.15, 0.2) is 6.62 Å². The molecule has 1 aromatic rings. The van der Waals surface area contributed by atoms with E-state index in [0.29, 0.717) is 0 Å². The smallest absolute Gasteiger partial charge is 0.173 e. The molecule has 1 aliphatic heterocycles. The van der Waals surface area contributed by atoms with Gasteiger partial charge in [-0.15, -0.1) is 0 Å². The molecule has 0 fully saturated rings. The second kappa shape index (κ2) is 4.66. The van der Waals surface area contributed by atoms with E-state index in [0.717, 1.165) is 12.6 Å². The van der Waals surface area contributed by atoms with Crippen LogP contribution in [0.25, 0.3) is 0 Å². The highest BCUT2D eigenvalue weighted by atomic mass is 35.7. The van der Waals surface area contributed by atoms with Gasteiger partial charge in [0.2, 0.25) is 0 Å². The van der Waals surface area contributed by atoms with Gasteiger partial charge in [0.1, 0.15) is 5.30 Å². The zero-order valence-corrected chi connectivity index (χ0v) is 10.5. The van der Waals surface area contributed by atoms with E-state index in [9.17, 15) is 0 Å². The fourth-order valence-corrected chi connectivity index (χ4v) is 5.17. The van der Waals surface area contributed by atoms with Gasteiger partial charge >= 0.3 is 0 Å². The van der Waals surface area contributed by atoms with E-state index in [4.69, 9.17) is 11.2 Å². The van der Waals surface area contributed by atoms with E-state index >= 15 is 0 Å². The number of rotatable bonds is 1. The first-order valence-corrected chi connectivity index (χ1v) is 7.42. The summed E-state index contributed by atoms with van der Waals surface area (Å²) in [6.45, 7) is 0.737. The van der Waals surface area contributed by atoms with Crippen LogP contribution in [0.15, 0.2) is 41.7 Å². The fraction of sp³-hybridized carbons (Fsp3) is 0.273. The average molecular weight is 247 g/mol. The lowest BCUT2D eigenvalue weighted by Crippen LogP contribution is -3.00. The number of allylic oxidation sites excluding steroid dienone is 2. The molecule has 0 N–H and O–H groups in total. The maximum absolute atomic E-state index is 6.69. The van der Waals surface area contributed by atoms with Crippen molar-refractivity contribution in [1.82, 2.24) is 0 Å². The summed E-state index contributed by atoms with van der Waals surface area (Å²) in [6, 6.07) is 10.5. The van der Waals surface area contributed by atoms with E-state index < -0.39 is 6.62 Å². The lowest BCUT2D eigenvalue weighted by molar-refractivity contribution is -0.00000254. The Morgan fingerprint density at radius 1 is 1.21 bits per heavy atom. The zero-order chi connectivity index (χ0) is 9.31. The molecule has 0 amide bonds. The number of hydrogen-bond donors (Lipinski definition) is 0. The van der Waals surface area contributed by atoms with Gasteiger partial charge in [-0.25, -0.2) is 0 Å². The molecule has 0 saturated carbocycles. The van der Waals surface area contributed by atoms with Gasteiger partial charge in [0.05, 0.1) is 22.7 Å². The van der Waals surface area contributed by atoms with Crippen LogP contribution in [-0.2, 0) is 0 Å². The topological polar surface area (TPSA) is 0 Å². The Morgan fingerprint density at radius 2 is 1.86 bits per heavy atom. The zero-order valence-electron chi connectivity index (χ0n) is 8.08. The SMILES string of the molecule is CC1=CCC[P+]1(Cl)c1ccccc1.[Cl-]. The normalized spacial score (nSPS) is 25.4. The molecule has 0 aliphatic carbocycles. The van der Waals surface area contributed by atoms with Gasteiger partial charge in [-0.05, 0) is 25.1 Å². The van der Waals surface area contributed by atoms with E-state index in [1.54, 1.807) is 0 Å². The van der Waals surface area contributed by atoms with Crippen LogP contribution in [-0.4, -0.2) is 6.16 Å². The largest absolute Gasteiger partial charge is 1.00 e. The molecule has 0 spiro atoms. The summed E-state index contributed by atoms with van der Waals surface area (Å²) >= 11 is 6.69. The molecule has 0 radical (unpaired) electrons. The van der Waals surface area contributed by atoms with Crippen LogP contribution in [0.2, 0.25) is 0 Å². The first-order valence-electron chi connectivity index (χ1n) is 4.54. The molecule has 1 unspecified atom stereocenters. The predicted octanol–water partition coefficient (Wildman–Crippen LogP) is 0.795. The Bertz CT molecular complexity index is 334. The lowest BCUT2D eigenvalue weighted by atomic mass is 10.4. The summed E-state index contributed by atoms with van der Waals surface area (Å²) in [5, 5.41) is 2.74. The average Bonchev–Trinajstić information content (AvgIpc) is 2.50. The molecule has 14 heavy (non-hydrogen) atoms. The van der Waals surface area contributed by atoms with Gasteiger partial charge in [-0.3, -0.25) is 0 Å². The van der Waals surface area contributed by atoms with Crippen molar-refractivity contribution in [3.8, 4) is 0 Å². The Hall–Kier alpha value is -0.0300. The van der Waals surface area contributed by atoms with Crippen LogP contribution < -0.4 is 17.7 Å². The monoisotopic (exact) mass is 246 g/mol. The molecule has 0 bridgehead atoms. The Kier molecular flexibility index (Phi) is 4.01. The third-order valence-corrected chi connectivity index (χ3v) is 7.79. The van der Waals surface area contributed by atoms with Crippen molar-refractivity contribution in [2.75, 3.05) is 6.16 Å². The Labute approximate surface area is 96.9 Å². The standard InChI is InChI=1S/C11H13ClP.ClH/c1-10-6-5-9-13(10,12)11-7-3-2-4-8-11;/h2-4,6-8H,5,9H2,1H3;1H/q+1;/p-1. The highest BCUT2D eigenvalue weighted by Gasteiger charge is 2.44. The van der Waals surface area contributed by atoms with Gasteiger partial charge in [0, 0.05) is 6.42 Å². The molecule has 1 aliphatic rings. The van der Waals surface area contributed by atoms with Crippen molar-refractivity contribution in [2.45, 2.75) is 13.3 Å². The number of halogens is 2. The molecule has 76 valence electrons. The number of benzene rings is 1. The van der Waals surface area contributed by atoms with Crippen LogP contribution in [0, 0.1) is 0 Å². The minimum Gasteiger partial charge on any atom is -1.00 e. The van der Waals surface area contributed by atoms with Crippen molar-refractivity contribution in [3.05, 3.63) is 41.7 Å². The van der Waals surface area contributed by atoms with Crippen molar-refractivity contribution in [2.24, 2.45) is 0 Å². The first kappa shape index (κ1) is 12.0. The van der Waals surface area contributed by atoms with Crippen molar-refractivity contribution in [1.29, 1.82) is 0 Å². The third-order valence-electron chi connectivity index (χ3n) is 2.60. The summed E-state index contributed by atoms with van der Waals surface area (Å²) in [5.74, 6) is 0. The van der Waals surface area contributed by atoms with Crippen LogP contribution >= 0.6 is 17.9 Å². The Morgan fingerprint density at radius 3 is 2.36 bits per heavy atom. The van der Waals surface area contributed by atoms with Crippen LogP contribution in [0.4, 0.5) is 0 Å². The highest BCUT2D eigenvalue weighted by Crippen LogP contribution is 2.72. The molecular formula is C11H13Cl2P. The van der Waals surface area contributed by atoms with Gasteiger partial charge in [0.25, 0.3) is 0 Å². The molecule has 1 aromatic carbocycles. The van der Waals surface area contributed by atoms with Gasteiger partial charge in [-0.1, -0.05) is 18.2 Å². The summed E-state index contributed by atoms with van der Waals surface area (Å²) < 4.78 is 0. The van der Waals surface area contributed by atoms with Crippen LogP contribution in [0.3, 0.4) is 0 Å². The minimum atomic E-state index is -1.43. The van der Waals surface area contributed by atoms with Gasteiger partial charge < -0.3 is 12.4 Å². The van der Waals surface area contributed by atoms with Gasteiger partial charge in [-0.2, -0.15) is 0 Å². The molecule has 0 saturated heterocycles. The lowest BCUT2D eigenvalue weighted by Gasteiger charge is -2.13. The highest BCUT2D eigenvalue weighted by molar-refractivity contribution is 8.07. The summed E-state index contributed by atoms with van der Waals surface area (Å²) in [7, 11) is 0. The molecular weight excluding hydrogens is 234 g/mol. The second-order valence-corrected chi connectivity index (χ2v) is 8.24. The molecule has 1 atom stereocenters. The van der Waals surface area contributed by atoms with E-state index in [1.165, 1.54) is 10.6 Å². The van der Waals surface area contributed by atoms with E-state index in [-0.39, 0.29) is 12.4 Å². The molecule has 2 rings (SSSR count). The predicted molar refractivity (Wildman–Crippen MR) is 62.1 cm³/mol. The van der Waals surface area contributed by atoms with E-state index in [1.807, 2.05) is 6.07 Å². The minimum absolute atomic E-state index is 0. The molecule has 0 nitrogen and oxygen atoms in total. The van der Waals surface area contributed by atoms with Crippen LogP contribution in [0.1, 0.15) is 13.3 Å². The fourth-order valence-electron chi connectivity index (χ4n) is 1.77. The quantitative estimate of drug-likeness (QED) is 0.644. The number of hydrogen-bond acceptors (Lipinski definition) is 0. The summed E-state index contributed by atoms with van der Waals surface area (Å²) in [6.07, 6.45) is 4.58.